The van der Waals surface area contributed by atoms with E-state index in [1.165, 1.54) is 5.56 Å². The molecule has 0 aliphatic carbocycles. The fourth-order valence-corrected chi connectivity index (χ4v) is 1.65. The van der Waals surface area contributed by atoms with Crippen molar-refractivity contribution in [2.24, 2.45) is 0 Å². The van der Waals surface area contributed by atoms with Crippen molar-refractivity contribution in [3.8, 4) is 0 Å². The molecule has 0 heterocycles. The highest BCUT2D eigenvalue weighted by Gasteiger charge is 2.09. The van der Waals surface area contributed by atoms with E-state index in [-0.39, 0.29) is 11.9 Å². The molecule has 1 rings (SSSR count). The van der Waals surface area contributed by atoms with Crippen LogP contribution in [0.1, 0.15) is 18.9 Å². The van der Waals surface area contributed by atoms with Crippen LogP contribution in [0.15, 0.2) is 43.0 Å². The molecule has 0 aliphatic rings. The van der Waals surface area contributed by atoms with Crippen LogP contribution in [0.5, 0.6) is 0 Å². The number of rotatable bonds is 8. The van der Waals surface area contributed by atoms with Gasteiger partial charge in [-0.3, -0.25) is 4.79 Å². The standard InChI is InChI=1S/C15H22N2O/c1-3-11-16-13(2)15(18)17-12-7-10-14-8-5-4-6-9-14/h3-6,8-9,13,16H,1,7,10-12H2,2H3,(H,17,18). The van der Waals surface area contributed by atoms with E-state index < -0.39 is 0 Å². The normalized spacial score (nSPS) is 11.8. The molecule has 98 valence electrons. The van der Waals surface area contributed by atoms with Gasteiger partial charge in [0.2, 0.25) is 5.91 Å². The molecule has 1 unspecified atom stereocenters. The zero-order chi connectivity index (χ0) is 13.2. The lowest BCUT2D eigenvalue weighted by Crippen LogP contribution is -2.42. The quantitative estimate of drug-likeness (QED) is 0.543. The molecule has 0 spiro atoms. The fraction of sp³-hybridized carbons (Fsp3) is 0.400. The highest BCUT2D eigenvalue weighted by atomic mass is 16.2. The van der Waals surface area contributed by atoms with E-state index in [9.17, 15) is 4.79 Å². The Balaban J connectivity index is 2.14. The molecule has 0 aliphatic heterocycles. The molecule has 0 fully saturated rings. The van der Waals surface area contributed by atoms with E-state index >= 15 is 0 Å². The van der Waals surface area contributed by atoms with E-state index in [1.807, 2.05) is 25.1 Å². The minimum absolute atomic E-state index is 0.0462. The monoisotopic (exact) mass is 246 g/mol. The fourth-order valence-electron chi connectivity index (χ4n) is 1.65. The van der Waals surface area contributed by atoms with Crippen molar-refractivity contribution < 1.29 is 4.79 Å². The van der Waals surface area contributed by atoms with Gasteiger partial charge in [0.15, 0.2) is 0 Å². The van der Waals surface area contributed by atoms with Crippen LogP contribution in [0.4, 0.5) is 0 Å². The van der Waals surface area contributed by atoms with Gasteiger partial charge in [0.05, 0.1) is 6.04 Å². The Hall–Kier alpha value is -1.61. The first-order valence-corrected chi connectivity index (χ1v) is 6.40. The lowest BCUT2D eigenvalue weighted by atomic mass is 10.1. The number of carbonyl (C=O) groups excluding carboxylic acids is 1. The molecule has 1 atom stereocenters. The first-order chi connectivity index (χ1) is 8.74. The predicted octanol–water partition coefficient (Wildman–Crippen LogP) is 1.90. The van der Waals surface area contributed by atoms with Gasteiger partial charge in [-0.1, -0.05) is 36.4 Å². The average molecular weight is 246 g/mol. The molecule has 1 aromatic carbocycles. The minimum atomic E-state index is -0.167. The lowest BCUT2D eigenvalue weighted by molar-refractivity contribution is -0.122. The van der Waals surface area contributed by atoms with Gasteiger partial charge in [0.25, 0.3) is 0 Å². The second kappa shape index (κ2) is 8.48. The van der Waals surface area contributed by atoms with E-state index in [1.54, 1.807) is 6.08 Å². The molecule has 1 aromatic rings. The number of amides is 1. The Kier molecular flexibility index (Phi) is 6.81. The van der Waals surface area contributed by atoms with Gasteiger partial charge in [-0.05, 0) is 25.3 Å². The largest absolute Gasteiger partial charge is 0.355 e. The predicted molar refractivity (Wildman–Crippen MR) is 75.4 cm³/mol. The number of hydrogen-bond donors (Lipinski definition) is 2. The van der Waals surface area contributed by atoms with Crippen LogP contribution in [0.3, 0.4) is 0 Å². The number of hydrogen-bond acceptors (Lipinski definition) is 2. The van der Waals surface area contributed by atoms with E-state index in [4.69, 9.17) is 0 Å². The molecule has 0 bridgehead atoms. The van der Waals surface area contributed by atoms with Gasteiger partial charge >= 0.3 is 0 Å². The summed E-state index contributed by atoms with van der Waals surface area (Å²) in [5.74, 6) is 0.0462. The summed E-state index contributed by atoms with van der Waals surface area (Å²) in [6, 6.07) is 10.1. The molecular formula is C15H22N2O. The van der Waals surface area contributed by atoms with E-state index in [0.29, 0.717) is 13.1 Å². The minimum Gasteiger partial charge on any atom is -0.355 e. The summed E-state index contributed by atoms with van der Waals surface area (Å²) < 4.78 is 0. The summed E-state index contributed by atoms with van der Waals surface area (Å²) in [6.07, 6.45) is 3.71. The van der Waals surface area contributed by atoms with Crippen LogP contribution in [0.25, 0.3) is 0 Å². The van der Waals surface area contributed by atoms with E-state index in [0.717, 1.165) is 12.8 Å². The third-order valence-corrected chi connectivity index (χ3v) is 2.75. The van der Waals surface area contributed by atoms with Gasteiger partial charge in [0.1, 0.15) is 0 Å². The molecule has 0 radical (unpaired) electrons. The van der Waals surface area contributed by atoms with Gasteiger partial charge in [-0.25, -0.2) is 0 Å². The van der Waals surface area contributed by atoms with Gasteiger partial charge in [0, 0.05) is 13.1 Å². The maximum absolute atomic E-state index is 11.7. The number of nitrogens with one attached hydrogen (secondary N) is 2. The number of carbonyl (C=O) groups is 1. The number of benzene rings is 1. The Morgan fingerprint density at radius 1 is 1.39 bits per heavy atom. The van der Waals surface area contributed by atoms with Gasteiger partial charge < -0.3 is 10.6 Å². The Morgan fingerprint density at radius 3 is 2.78 bits per heavy atom. The maximum atomic E-state index is 11.7. The highest BCUT2D eigenvalue weighted by molar-refractivity contribution is 5.81. The Morgan fingerprint density at radius 2 is 2.11 bits per heavy atom. The van der Waals surface area contributed by atoms with Crippen molar-refractivity contribution in [3.05, 3.63) is 48.6 Å². The summed E-state index contributed by atoms with van der Waals surface area (Å²) in [7, 11) is 0. The van der Waals surface area contributed by atoms with Crippen molar-refractivity contribution in [3.63, 3.8) is 0 Å². The summed E-state index contributed by atoms with van der Waals surface area (Å²) in [4.78, 5) is 11.7. The van der Waals surface area contributed by atoms with E-state index in [2.05, 4.69) is 29.3 Å². The van der Waals surface area contributed by atoms with Crippen LogP contribution in [0.2, 0.25) is 0 Å². The highest BCUT2D eigenvalue weighted by Crippen LogP contribution is 2.01. The van der Waals surface area contributed by atoms with Crippen LogP contribution in [-0.2, 0) is 11.2 Å². The number of aryl methyl sites for hydroxylation is 1. The van der Waals surface area contributed by atoms with Crippen molar-refractivity contribution in [2.45, 2.75) is 25.8 Å². The van der Waals surface area contributed by atoms with Crippen molar-refractivity contribution >= 4 is 5.91 Å². The van der Waals surface area contributed by atoms with Crippen LogP contribution in [-0.4, -0.2) is 25.0 Å². The summed E-state index contributed by atoms with van der Waals surface area (Å²) in [5, 5.41) is 5.99. The average Bonchev–Trinajstić information content (AvgIpc) is 2.41. The zero-order valence-corrected chi connectivity index (χ0v) is 11.0. The second-order valence-electron chi connectivity index (χ2n) is 4.30. The maximum Gasteiger partial charge on any atom is 0.236 e. The Bertz CT molecular complexity index is 362. The van der Waals surface area contributed by atoms with Gasteiger partial charge in [-0.2, -0.15) is 0 Å². The summed E-state index contributed by atoms with van der Waals surface area (Å²) >= 11 is 0. The van der Waals surface area contributed by atoms with Crippen molar-refractivity contribution in [2.75, 3.05) is 13.1 Å². The second-order valence-corrected chi connectivity index (χ2v) is 4.30. The molecule has 3 nitrogen and oxygen atoms in total. The van der Waals surface area contributed by atoms with Crippen molar-refractivity contribution in [1.82, 2.24) is 10.6 Å². The molecule has 0 saturated carbocycles. The SMILES string of the molecule is C=CCNC(C)C(=O)NCCCc1ccccc1. The molecule has 18 heavy (non-hydrogen) atoms. The molecule has 3 heteroatoms. The van der Waals surface area contributed by atoms with Crippen LogP contribution in [0, 0.1) is 0 Å². The molecule has 0 aromatic heterocycles. The molecule has 0 saturated heterocycles. The zero-order valence-electron chi connectivity index (χ0n) is 11.0. The van der Waals surface area contributed by atoms with Crippen LogP contribution >= 0.6 is 0 Å². The first kappa shape index (κ1) is 14.5. The third-order valence-electron chi connectivity index (χ3n) is 2.75. The first-order valence-electron chi connectivity index (χ1n) is 6.40. The molecule has 2 N–H and O–H groups in total. The lowest BCUT2D eigenvalue weighted by Gasteiger charge is -2.12. The van der Waals surface area contributed by atoms with Gasteiger partial charge in [-0.15, -0.1) is 6.58 Å². The van der Waals surface area contributed by atoms with Crippen LogP contribution < -0.4 is 10.6 Å². The summed E-state index contributed by atoms with van der Waals surface area (Å²) in [5.41, 5.74) is 1.31. The smallest absolute Gasteiger partial charge is 0.236 e. The summed E-state index contributed by atoms with van der Waals surface area (Å²) in [6.45, 7) is 6.83. The third kappa shape index (κ3) is 5.64. The molecule has 1 amide bonds. The van der Waals surface area contributed by atoms with Crippen molar-refractivity contribution in [1.29, 1.82) is 0 Å². The Labute approximate surface area is 109 Å². The molecular weight excluding hydrogens is 224 g/mol. The topological polar surface area (TPSA) is 41.1 Å².